The van der Waals surface area contributed by atoms with E-state index in [1.165, 1.54) is 12.1 Å². The van der Waals surface area contributed by atoms with Crippen molar-refractivity contribution in [3.8, 4) is 0 Å². The first-order valence-electron chi connectivity index (χ1n) is 7.66. The van der Waals surface area contributed by atoms with Crippen LogP contribution in [0, 0.1) is 13.8 Å². The van der Waals surface area contributed by atoms with Gasteiger partial charge in [0.1, 0.15) is 0 Å². The first-order chi connectivity index (χ1) is 10.8. The maximum Gasteiger partial charge on any atom is 0.264 e. The van der Waals surface area contributed by atoms with Crippen molar-refractivity contribution < 1.29 is 18.0 Å². The van der Waals surface area contributed by atoms with Gasteiger partial charge in [0.2, 0.25) is 11.8 Å². The van der Waals surface area contributed by atoms with E-state index in [1.54, 1.807) is 6.07 Å². The van der Waals surface area contributed by atoms with Gasteiger partial charge >= 0.3 is 0 Å². The van der Waals surface area contributed by atoms with E-state index in [4.69, 9.17) is 0 Å². The van der Waals surface area contributed by atoms with E-state index in [9.17, 15) is 18.0 Å². The number of rotatable bonds is 8. The van der Waals surface area contributed by atoms with Gasteiger partial charge in [0.15, 0.2) is 0 Å². The highest BCUT2D eigenvalue weighted by atomic mass is 32.2. The number of nitrogens with one attached hydrogen (secondary N) is 2. The zero-order chi connectivity index (χ0) is 17.5. The molecule has 2 N–H and O–H groups in total. The molecule has 1 rings (SSSR count). The van der Waals surface area contributed by atoms with Gasteiger partial charge in [0.05, 0.1) is 4.90 Å². The fourth-order valence-corrected chi connectivity index (χ4v) is 3.00. The minimum absolute atomic E-state index is 0.0103. The van der Waals surface area contributed by atoms with Crippen molar-refractivity contribution in [2.45, 2.75) is 51.3 Å². The van der Waals surface area contributed by atoms with Crippen LogP contribution >= 0.6 is 0 Å². The van der Waals surface area contributed by atoms with Crippen molar-refractivity contribution in [3.05, 3.63) is 29.3 Å². The Morgan fingerprint density at radius 2 is 1.70 bits per heavy atom. The Morgan fingerprint density at radius 3 is 2.30 bits per heavy atom. The molecule has 0 aromatic heterocycles. The first kappa shape index (κ1) is 19.2. The van der Waals surface area contributed by atoms with Crippen LogP contribution in [0.4, 0.5) is 0 Å². The van der Waals surface area contributed by atoms with Crippen molar-refractivity contribution in [1.82, 2.24) is 10.0 Å². The number of benzene rings is 1. The Kier molecular flexibility index (Phi) is 7.22. The minimum atomic E-state index is -3.86. The van der Waals surface area contributed by atoms with E-state index in [-0.39, 0.29) is 23.6 Å². The summed E-state index contributed by atoms with van der Waals surface area (Å²) in [6, 6.07) is 4.70. The summed E-state index contributed by atoms with van der Waals surface area (Å²) in [6.45, 7) is 6.25. The predicted molar refractivity (Wildman–Crippen MR) is 88.4 cm³/mol. The third kappa shape index (κ3) is 6.40. The molecule has 7 heteroatoms. The zero-order valence-electron chi connectivity index (χ0n) is 13.8. The van der Waals surface area contributed by atoms with E-state index in [0.29, 0.717) is 13.0 Å². The predicted octanol–water partition coefficient (Wildman–Crippen LogP) is 1.80. The molecular formula is C16H24N2O4S. The summed E-state index contributed by atoms with van der Waals surface area (Å²) in [7, 11) is -3.86. The molecule has 0 spiro atoms. The standard InChI is InChI=1S/C16H24N2O4S/c1-4-10-17-15(19)6-5-7-16(20)18-23(21,22)14-9-8-12(2)13(3)11-14/h8-9,11H,4-7,10H2,1-3H3,(H,17,19)(H,18,20). The maximum absolute atomic E-state index is 12.1. The van der Waals surface area contributed by atoms with Crippen LogP contribution in [0.25, 0.3) is 0 Å². The molecule has 23 heavy (non-hydrogen) atoms. The molecule has 0 unspecified atom stereocenters. The van der Waals surface area contributed by atoms with Crippen LogP contribution in [0.15, 0.2) is 23.1 Å². The molecule has 128 valence electrons. The highest BCUT2D eigenvalue weighted by Gasteiger charge is 2.18. The molecule has 0 radical (unpaired) electrons. The molecule has 0 heterocycles. The summed E-state index contributed by atoms with van der Waals surface area (Å²) in [6.07, 6.45) is 1.35. The Balaban J connectivity index is 2.52. The largest absolute Gasteiger partial charge is 0.356 e. The Morgan fingerprint density at radius 1 is 1.04 bits per heavy atom. The van der Waals surface area contributed by atoms with Crippen LogP contribution in [0.2, 0.25) is 0 Å². The van der Waals surface area contributed by atoms with E-state index >= 15 is 0 Å². The van der Waals surface area contributed by atoms with Crippen molar-refractivity contribution >= 4 is 21.8 Å². The normalized spacial score (nSPS) is 11.1. The average molecular weight is 340 g/mol. The monoisotopic (exact) mass is 340 g/mol. The molecule has 0 saturated carbocycles. The molecule has 0 bridgehead atoms. The second-order valence-electron chi connectivity index (χ2n) is 5.48. The summed E-state index contributed by atoms with van der Waals surface area (Å²) in [5, 5.41) is 2.70. The SMILES string of the molecule is CCCNC(=O)CCCC(=O)NS(=O)(=O)c1ccc(C)c(C)c1. The lowest BCUT2D eigenvalue weighted by molar-refractivity contribution is -0.121. The number of amides is 2. The number of carbonyl (C=O) groups is 2. The van der Waals surface area contributed by atoms with E-state index in [1.807, 2.05) is 25.5 Å². The first-order valence-corrected chi connectivity index (χ1v) is 9.14. The van der Waals surface area contributed by atoms with E-state index < -0.39 is 15.9 Å². The number of aryl methyl sites for hydroxylation is 2. The van der Waals surface area contributed by atoms with Crippen LogP contribution < -0.4 is 10.0 Å². The van der Waals surface area contributed by atoms with E-state index in [0.717, 1.165) is 17.5 Å². The molecule has 1 aromatic rings. The maximum atomic E-state index is 12.1. The summed E-state index contributed by atoms with van der Waals surface area (Å²) in [5.41, 5.74) is 1.82. The molecule has 6 nitrogen and oxygen atoms in total. The van der Waals surface area contributed by atoms with E-state index in [2.05, 4.69) is 5.32 Å². The fraction of sp³-hybridized carbons (Fsp3) is 0.500. The number of hydrogen-bond acceptors (Lipinski definition) is 4. The average Bonchev–Trinajstić information content (AvgIpc) is 2.47. The van der Waals surface area contributed by atoms with Gasteiger partial charge < -0.3 is 5.32 Å². The Hall–Kier alpha value is -1.89. The molecule has 2 amide bonds. The second-order valence-corrected chi connectivity index (χ2v) is 7.16. The van der Waals surface area contributed by atoms with Crippen LogP contribution in [0.1, 0.15) is 43.7 Å². The number of carbonyl (C=O) groups excluding carboxylic acids is 2. The second kappa shape index (κ2) is 8.67. The molecule has 0 atom stereocenters. The number of hydrogen-bond donors (Lipinski definition) is 2. The third-order valence-corrected chi connectivity index (χ3v) is 4.79. The summed E-state index contributed by atoms with van der Waals surface area (Å²) in [4.78, 5) is 23.2. The van der Waals surface area contributed by atoms with Gasteiger partial charge in [-0.15, -0.1) is 0 Å². The van der Waals surface area contributed by atoms with Crippen LogP contribution in [0.5, 0.6) is 0 Å². The third-order valence-electron chi connectivity index (χ3n) is 3.42. The molecule has 0 fully saturated rings. The Bertz CT molecular complexity index is 669. The van der Waals surface area contributed by atoms with Gasteiger partial charge in [0.25, 0.3) is 10.0 Å². The lowest BCUT2D eigenvalue weighted by Crippen LogP contribution is -2.31. The van der Waals surface area contributed by atoms with Gasteiger partial charge in [-0.25, -0.2) is 13.1 Å². The summed E-state index contributed by atoms with van der Waals surface area (Å²) < 4.78 is 26.3. The van der Waals surface area contributed by atoms with Crippen LogP contribution in [-0.2, 0) is 19.6 Å². The molecule has 1 aromatic carbocycles. The van der Waals surface area contributed by atoms with Gasteiger partial charge in [0, 0.05) is 19.4 Å². The van der Waals surface area contributed by atoms with Gasteiger partial charge in [-0.05, 0) is 49.9 Å². The summed E-state index contributed by atoms with van der Waals surface area (Å²) in [5.74, 6) is -0.733. The van der Waals surface area contributed by atoms with Crippen molar-refractivity contribution in [3.63, 3.8) is 0 Å². The molecule has 0 aliphatic carbocycles. The lowest BCUT2D eigenvalue weighted by Gasteiger charge is -2.09. The highest BCUT2D eigenvalue weighted by Crippen LogP contribution is 2.14. The fourth-order valence-electron chi connectivity index (χ4n) is 1.90. The van der Waals surface area contributed by atoms with Gasteiger partial charge in [-0.3, -0.25) is 9.59 Å². The minimum Gasteiger partial charge on any atom is -0.356 e. The molecular weight excluding hydrogens is 316 g/mol. The van der Waals surface area contributed by atoms with Gasteiger partial charge in [-0.2, -0.15) is 0 Å². The van der Waals surface area contributed by atoms with Crippen LogP contribution in [-0.4, -0.2) is 26.8 Å². The molecule has 0 saturated heterocycles. The highest BCUT2D eigenvalue weighted by molar-refractivity contribution is 7.90. The van der Waals surface area contributed by atoms with Crippen molar-refractivity contribution in [2.75, 3.05) is 6.54 Å². The smallest absolute Gasteiger partial charge is 0.264 e. The molecule has 0 aliphatic rings. The Labute approximate surface area is 137 Å². The van der Waals surface area contributed by atoms with Gasteiger partial charge in [-0.1, -0.05) is 13.0 Å². The lowest BCUT2D eigenvalue weighted by atomic mass is 10.1. The van der Waals surface area contributed by atoms with Crippen molar-refractivity contribution in [2.24, 2.45) is 0 Å². The quantitative estimate of drug-likeness (QED) is 0.755. The van der Waals surface area contributed by atoms with Crippen LogP contribution in [0.3, 0.4) is 0 Å². The van der Waals surface area contributed by atoms with Crippen molar-refractivity contribution in [1.29, 1.82) is 0 Å². The topological polar surface area (TPSA) is 92.3 Å². The zero-order valence-corrected chi connectivity index (χ0v) is 14.6. The number of sulfonamides is 1. The molecule has 0 aliphatic heterocycles. The summed E-state index contributed by atoms with van der Waals surface area (Å²) >= 11 is 0.